The third-order valence-electron chi connectivity index (χ3n) is 9.11. The third-order valence-corrected chi connectivity index (χ3v) is 9.11. The first-order chi connectivity index (χ1) is 16.5. The van der Waals surface area contributed by atoms with Gasteiger partial charge in [-0.15, -0.1) is 0 Å². The summed E-state index contributed by atoms with van der Waals surface area (Å²) < 4.78 is 7.27. The van der Waals surface area contributed by atoms with Gasteiger partial charge in [-0.2, -0.15) is 10.4 Å². The second kappa shape index (κ2) is 6.15. The molecular weight excluding hydrogens is 426 g/mol. The summed E-state index contributed by atoms with van der Waals surface area (Å²) in [6.45, 7) is 8.17. The fraction of sp³-hybridized carbons (Fsp3) is 0.538. The van der Waals surface area contributed by atoms with E-state index in [0.717, 1.165) is 66.7 Å². The largest absolute Gasteiger partial charge is 0.378 e. The summed E-state index contributed by atoms with van der Waals surface area (Å²) in [4.78, 5) is 14.4. The van der Waals surface area contributed by atoms with Gasteiger partial charge in [0.15, 0.2) is 5.82 Å². The molecule has 1 atom stereocenters. The van der Waals surface area contributed by atoms with Gasteiger partial charge in [0, 0.05) is 43.0 Å². The van der Waals surface area contributed by atoms with E-state index < -0.39 is 0 Å². The maximum atomic E-state index is 9.99. The number of likely N-dealkylation sites (tertiary alicyclic amines) is 1. The van der Waals surface area contributed by atoms with Crippen LogP contribution in [0.4, 0.5) is 5.82 Å². The highest BCUT2D eigenvalue weighted by Crippen LogP contribution is 2.78. The highest BCUT2D eigenvalue weighted by Gasteiger charge is 2.75. The Kier molecular flexibility index (Phi) is 3.49. The number of hydrogen-bond acceptors (Lipinski definition) is 7. The van der Waals surface area contributed by atoms with E-state index in [1.165, 1.54) is 25.9 Å². The molecule has 0 unspecified atom stereocenters. The van der Waals surface area contributed by atoms with Crippen LogP contribution in [0.2, 0.25) is 0 Å². The monoisotopic (exact) mass is 453 g/mol. The summed E-state index contributed by atoms with van der Waals surface area (Å²) in [6.07, 6.45) is 5.24. The topological polar surface area (TPSA) is 83.1 Å². The van der Waals surface area contributed by atoms with Crippen LogP contribution in [0.25, 0.3) is 16.7 Å². The van der Waals surface area contributed by atoms with Gasteiger partial charge in [-0.25, -0.2) is 14.6 Å². The number of aryl methyl sites for hydroxylation is 1. The zero-order chi connectivity index (χ0) is 22.7. The van der Waals surface area contributed by atoms with Crippen molar-refractivity contribution in [3.63, 3.8) is 0 Å². The van der Waals surface area contributed by atoms with Crippen LogP contribution in [-0.4, -0.2) is 70.1 Å². The number of rotatable bonds is 4. The molecule has 0 amide bonds. The number of hydrogen-bond donors (Lipinski definition) is 0. The summed E-state index contributed by atoms with van der Waals surface area (Å²) in [5.74, 6) is 2.52. The molecule has 3 saturated heterocycles. The molecule has 1 aromatic carbocycles. The highest BCUT2D eigenvalue weighted by atomic mass is 16.5. The van der Waals surface area contributed by atoms with Gasteiger partial charge < -0.3 is 9.64 Å². The Morgan fingerprint density at radius 3 is 2.53 bits per heavy atom. The Morgan fingerprint density at radius 1 is 1.06 bits per heavy atom. The van der Waals surface area contributed by atoms with Crippen LogP contribution < -0.4 is 4.90 Å². The molecule has 2 aliphatic carbocycles. The lowest BCUT2D eigenvalue weighted by molar-refractivity contribution is -0.137. The van der Waals surface area contributed by atoms with E-state index in [2.05, 4.69) is 45.2 Å². The molecule has 2 spiro atoms. The second-order valence-electron chi connectivity index (χ2n) is 11.4. The molecule has 2 saturated carbocycles. The number of anilines is 1. The molecule has 0 bridgehead atoms. The Bertz CT molecular complexity index is 1380. The Labute approximate surface area is 198 Å². The predicted molar refractivity (Wildman–Crippen MR) is 126 cm³/mol. The van der Waals surface area contributed by atoms with E-state index in [1.54, 1.807) is 0 Å². The van der Waals surface area contributed by atoms with Crippen molar-refractivity contribution >= 4 is 16.7 Å². The maximum absolute atomic E-state index is 9.99. The van der Waals surface area contributed by atoms with Gasteiger partial charge in [-0.05, 0) is 43.2 Å². The van der Waals surface area contributed by atoms with E-state index in [0.29, 0.717) is 11.5 Å². The quantitative estimate of drug-likeness (QED) is 0.600. The first-order valence-electron chi connectivity index (χ1n) is 12.3. The van der Waals surface area contributed by atoms with Crippen molar-refractivity contribution in [2.75, 3.05) is 44.3 Å². The standard InChI is InChI=1S/C26H27N7O/c1-17-29-22(32-15-24(16-32)13-31(14-24)20-9-34-10-20)7-23(30-17)33-21-6-19(3-2-18(21)8-28-33)26(12-27)11-25(26)4-5-25/h2-3,6-8,20H,4-5,9-11,13-16H2,1H3/t26-/m1/s1. The van der Waals surface area contributed by atoms with Crippen LogP contribution in [0, 0.1) is 29.1 Å². The minimum atomic E-state index is -0.308. The van der Waals surface area contributed by atoms with Crippen LogP contribution in [-0.2, 0) is 10.2 Å². The van der Waals surface area contributed by atoms with Crippen LogP contribution >= 0.6 is 0 Å². The molecule has 3 aliphatic heterocycles. The molecule has 34 heavy (non-hydrogen) atoms. The van der Waals surface area contributed by atoms with Crippen LogP contribution in [0.1, 0.15) is 30.7 Å². The van der Waals surface area contributed by atoms with Crippen molar-refractivity contribution in [1.29, 1.82) is 5.26 Å². The molecule has 0 radical (unpaired) electrons. The lowest BCUT2D eigenvalue weighted by atomic mass is 9.72. The lowest BCUT2D eigenvalue weighted by Gasteiger charge is -2.63. The summed E-state index contributed by atoms with van der Waals surface area (Å²) >= 11 is 0. The highest BCUT2D eigenvalue weighted by molar-refractivity contribution is 5.82. The lowest BCUT2D eigenvalue weighted by Crippen LogP contribution is -2.75. The average molecular weight is 454 g/mol. The van der Waals surface area contributed by atoms with Crippen molar-refractivity contribution in [2.24, 2.45) is 10.8 Å². The van der Waals surface area contributed by atoms with E-state index in [1.807, 2.05) is 17.8 Å². The van der Waals surface area contributed by atoms with Gasteiger partial charge in [-0.3, -0.25) is 4.90 Å². The van der Waals surface area contributed by atoms with Crippen LogP contribution in [0.3, 0.4) is 0 Å². The second-order valence-corrected chi connectivity index (χ2v) is 11.4. The first-order valence-corrected chi connectivity index (χ1v) is 12.3. The molecular formula is C26H27N7O. The minimum Gasteiger partial charge on any atom is -0.378 e. The predicted octanol–water partition coefficient (Wildman–Crippen LogP) is 2.59. The molecule has 8 heteroatoms. The van der Waals surface area contributed by atoms with E-state index in [9.17, 15) is 5.26 Å². The Morgan fingerprint density at radius 2 is 1.85 bits per heavy atom. The molecule has 8 nitrogen and oxygen atoms in total. The van der Waals surface area contributed by atoms with Crippen molar-refractivity contribution < 1.29 is 4.74 Å². The number of aromatic nitrogens is 4. The van der Waals surface area contributed by atoms with Crippen molar-refractivity contribution in [3.05, 3.63) is 41.9 Å². The molecule has 172 valence electrons. The first kappa shape index (κ1) is 19.3. The van der Waals surface area contributed by atoms with Crippen LogP contribution in [0.5, 0.6) is 0 Å². The molecule has 3 aromatic rings. The summed E-state index contributed by atoms with van der Waals surface area (Å²) in [5.41, 5.74) is 2.49. The molecule has 5 aliphatic rings. The number of nitriles is 1. The Balaban J connectivity index is 1.09. The summed E-state index contributed by atoms with van der Waals surface area (Å²) in [7, 11) is 0. The van der Waals surface area contributed by atoms with E-state index in [4.69, 9.17) is 14.7 Å². The van der Waals surface area contributed by atoms with Gasteiger partial charge in [0.1, 0.15) is 11.6 Å². The molecule has 0 N–H and O–H groups in total. The minimum absolute atomic E-state index is 0.245. The zero-order valence-electron chi connectivity index (χ0n) is 19.4. The van der Waals surface area contributed by atoms with Crippen LogP contribution in [0.15, 0.2) is 30.5 Å². The number of nitrogens with zero attached hydrogens (tertiary/aromatic N) is 7. The van der Waals surface area contributed by atoms with E-state index in [-0.39, 0.29) is 10.8 Å². The average Bonchev–Trinajstić information content (AvgIpc) is 3.61. The van der Waals surface area contributed by atoms with E-state index >= 15 is 0 Å². The van der Waals surface area contributed by atoms with Crippen molar-refractivity contribution in [3.8, 4) is 11.9 Å². The molecule has 5 heterocycles. The van der Waals surface area contributed by atoms with Crippen molar-refractivity contribution in [1.82, 2.24) is 24.6 Å². The third kappa shape index (κ3) is 2.46. The van der Waals surface area contributed by atoms with Crippen molar-refractivity contribution in [2.45, 2.75) is 37.6 Å². The summed E-state index contributed by atoms with van der Waals surface area (Å²) in [6, 6.07) is 11.7. The SMILES string of the molecule is Cc1nc(N2CC3(C2)CN(C2COC2)C3)cc(-n2ncc3ccc([C@]4(C#N)CC45CC5)cc32)n1. The van der Waals surface area contributed by atoms with Gasteiger partial charge in [0.25, 0.3) is 0 Å². The van der Waals surface area contributed by atoms with Gasteiger partial charge >= 0.3 is 0 Å². The fourth-order valence-electron chi connectivity index (χ4n) is 6.76. The zero-order valence-corrected chi connectivity index (χ0v) is 19.4. The van der Waals surface area contributed by atoms with Gasteiger partial charge in [0.2, 0.25) is 0 Å². The Hall–Kier alpha value is -3.02. The maximum Gasteiger partial charge on any atom is 0.159 e. The molecule has 5 fully saturated rings. The fourth-order valence-corrected chi connectivity index (χ4v) is 6.76. The van der Waals surface area contributed by atoms with Gasteiger partial charge in [0.05, 0.1) is 42.5 Å². The molecule has 8 rings (SSSR count). The van der Waals surface area contributed by atoms with Gasteiger partial charge in [-0.1, -0.05) is 12.1 Å². The number of fused-ring (bicyclic) bond motifs is 1. The number of benzene rings is 1. The summed E-state index contributed by atoms with van der Waals surface area (Å²) in [5, 5.41) is 15.7. The normalized spacial score (nSPS) is 28.4. The molecule has 2 aromatic heterocycles. The smallest absolute Gasteiger partial charge is 0.159 e. The number of ether oxygens (including phenoxy) is 1.